The van der Waals surface area contributed by atoms with E-state index >= 15 is 0 Å². The van der Waals surface area contributed by atoms with Gasteiger partial charge >= 0.3 is 12.1 Å². The molecule has 1 aromatic carbocycles. The molecule has 0 radical (unpaired) electrons. The molecule has 3 heterocycles. The topological polar surface area (TPSA) is 83.5 Å². The Morgan fingerprint density at radius 1 is 1.19 bits per heavy atom. The standard InChI is InChI=1S/C34H51NO7/c1-8-38-30(36)13-9-10-19-39-25-14-15-26-29(21-25)41-34(7,17-11-12-23(2)3)27-20-24-22-35(32(37)42-33(4,5)6)18-16-28(24)40-31(26)27/h12,14-15,21,24,27-28,31H,8-11,13,16-20,22H2,1-7H3/t24-,27-,28-,31+,34+/m0/s1. The predicted octanol–water partition coefficient (Wildman–Crippen LogP) is 7.40. The number of hydrogen-bond donors (Lipinski definition) is 0. The monoisotopic (exact) mass is 585 g/mol. The fourth-order valence-electron chi connectivity index (χ4n) is 6.43. The van der Waals surface area contributed by atoms with Crippen LogP contribution in [-0.2, 0) is 19.0 Å². The lowest BCUT2D eigenvalue weighted by atomic mass is 9.68. The number of hydrogen-bond acceptors (Lipinski definition) is 7. The third-order valence-corrected chi connectivity index (χ3v) is 8.52. The van der Waals surface area contributed by atoms with Gasteiger partial charge in [0.05, 0.1) is 25.4 Å². The number of allylic oxidation sites excluding steroid dienone is 2. The number of ether oxygens (including phenoxy) is 5. The fourth-order valence-corrected chi connectivity index (χ4v) is 6.43. The molecule has 0 saturated carbocycles. The third-order valence-electron chi connectivity index (χ3n) is 8.52. The Hall–Kier alpha value is -2.74. The van der Waals surface area contributed by atoms with Crippen molar-refractivity contribution in [3.8, 4) is 11.5 Å². The van der Waals surface area contributed by atoms with Crippen molar-refractivity contribution in [3.05, 3.63) is 35.4 Å². The molecule has 0 aromatic heterocycles. The first-order valence-corrected chi connectivity index (χ1v) is 15.8. The molecule has 234 valence electrons. The highest BCUT2D eigenvalue weighted by Gasteiger charge is 2.53. The number of rotatable bonds is 10. The zero-order chi connectivity index (χ0) is 30.5. The second kappa shape index (κ2) is 13.7. The molecule has 3 aliphatic heterocycles. The second-order valence-electron chi connectivity index (χ2n) is 13.5. The lowest BCUT2D eigenvalue weighted by Gasteiger charge is -2.54. The van der Waals surface area contributed by atoms with Crippen LogP contribution in [0.25, 0.3) is 0 Å². The Morgan fingerprint density at radius 2 is 1.98 bits per heavy atom. The van der Waals surface area contributed by atoms with E-state index in [0.29, 0.717) is 32.7 Å². The number of likely N-dealkylation sites (tertiary alicyclic amines) is 1. The van der Waals surface area contributed by atoms with Gasteiger partial charge in [-0.2, -0.15) is 0 Å². The summed E-state index contributed by atoms with van der Waals surface area (Å²) in [6.45, 7) is 16.2. The average Bonchev–Trinajstić information content (AvgIpc) is 2.90. The molecule has 3 aliphatic rings. The van der Waals surface area contributed by atoms with E-state index in [0.717, 1.165) is 55.6 Å². The summed E-state index contributed by atoms with van der Waals surface area (Å²) in [6.07, 6.45) is 7.48. The van der Waals surface area contributed by atoms with Gasteiger partial charge in [0.2, 0.25) is 0 Å². The van der Waals surface area contributed by atoms with Gasteiger partial charge in [0.1, 0.15) is 22.7 Å². The van der Waals surface area contributed by atoms with E-state index in [2.05, 4.69) is 32.9 Å². The summed E-state index contributed by atoms with van der Waals surface area (Å²) in [5, 5.41) is 0. The van der Waals surface area contributed by atoms with Crippen molar-refractivity contribution in [2.75, 3.05) is 26.3 Å². The SMILES string of the molecule is CCOC(=O)CCCCOc1ccc2c(c1)O[C@](C)(CCC=C(C)C)[C@H]1C[C@H]3CN(C(=O)OC(C)(C)C)CC[C@@H]3O[C@H]21. The van der Waals surface area contributed by atoms with Crippen molar-refractivity contribution < 1.29 is 33.3 Å². The smallest absolute Gasteiger partial charge is 0.410 e. The average molecular weight is 586 g/mol. The van der Waals surface area contributed by atoms with Crippen LogP contribution in [0.3, 0.4) is 0 Å². The minimum atomic E-state index is -0.516. The first kappa shape index (κ1) is 32.2. The van der Waals surface area contributed by atoms with E-state index in [1.807, 2.05) is 44.7 Å². The molecule has 0 aliphatic carbocycles. The van der Waals surface area contributed by atoms with Crippen molar-refractivity contribution in [1.82, 2.24) is 4.90 Å². The first-order valence-electron chi connectivity index (χ1n) is 15.8. The van der Waals surface area contributed by atoms with Crippen molar-refractivity contribution >= 4 is 12.1 Å². The van der Waals surface area contributed by atoms with E-state index in [4.69, 9.17) is 23.7 Å². The number of esters is 1. The predicted molar refractivity (Wildman–Crippen MR) is 162 cm³/mol. The number of nitrogens with zero attached hydrogens (tertiary/aromatic N) is 1. The Balaban J connectivity index is 1.48. The highest BCUT2D eigenvalue weighted by atomic mass is 16.6. The summed E-state index contributed by atoms with van der Waals surface area (Å²) >= 11 is 0. The first-order chi connectivity index (χ1) is 19.9. The number of fused-ring (bicyclic) bond motifs is 4. The van der Waals surface area contributed by atoms with Gasteiger partial charge in [-0.15, -0.1) is 0 Å². The lowest BCUT2D eigenvalue weighted by molar-refractivity contribution is -0.191. The second-order valence-corrected chi connectivity index (χ2v) is 13.5. The van der Waals surface area contributed by atoms with Crippen LogP contribution in [0, 0.1) is 11.8 Å². The Kier molecular flexibility index (Phi) is 10.5. The maximum atomic E-state index is 12.9. The van der Waals surface area contributed by atoms with Gasteiger partial charge in [-0.3, -0.25) is 4.79 Å². The Labute approximate surface area is 252 Å². The molecule has 1 aromatic rings. The third kappa shape index (κ3) is 8.21. The van der Waals surface area contributed by atoms with Crippen molar-refractivity contribution in [3.63, 3.8) is 0 Å². The number of amides is 1. The van der Waals surface area contributed by atoms with Gasteiger partial charge < -0.3 is 28.6 Å². The minimum Gasteiger partial charge on any atom is -0.493 e. The van der Waals surface area contributed by atoms with Crippen LogP contribution in [0.15, 0.2) is 29.8 Å². The van der Waals surface area contributed by atoms with Gasteiger partial charge in [-0.25, -0.2) is 4.79 Å². The molecule has 42 heavy (non-hydrogen) atoms. The molecule has 0 N–H and O–H groups in total. The number of carbonyl (C=O) groups excluding carboxylic acids is 2. The normalized spacial score (nSPS) is 26.6. The van der Waals surface area contributed by atoms with Crippen LogP contribution in [0.4, 0.5) is 4.79 Å². The van der Waals surface area contributed by atoms with Crippen LogP contribution < -0.4 is 9.47 Å². The van der Waals surface area contributed by atoms with Crippen molar-refractivity contribution in [1.29, 1.82) is 0 Å². The Bertz CT molecular complexity index is 1120. The van der Waals surface area contributed by atoms with Crippen LogP contribution in [0.1, 0.15) is 105 Å². The zero-order valence-electron chi connectivity index (χ0n) is 26.7. The summed E-state index contributed by atoms with van der Waals surface area (Å²) in [4.78, 5) is 26.3. The largest absolute Gasteiger partial charge is 0.493 e. The number of piperidine rings is 1. The highest BCUT2D eigenvalue weighted by molar-refractivity contribution is 5.69. The van der Waals surface area contributed by atoms with Crippen LogP contribution >= 0.6 is 0 Å². The van der Waals surface area contributed by atoms with Crippen LogP contribution in [0.2, 0.25) is 0 Å². The quantitative estimate of drug-likeness (QED) is 0.161. The van der Waals surface area contributed by atoms with E-state index in [9.17, 15) is 9.59 Å². The molecule has 2 saturated heterocycles. The zero-order valence-corrected chi connectivity index (χ0v) is 26.7. The van der Waals surface area contributed by atoms with Gasteiger partial charge in [-0.1, -0.05) is 11.6 Å². The molecule has 0 spiro atoms. The number of unbranched alkanes of at least 4 members (excludes halogenated alkanes) is 1. The van der Waals surface area contributed by atoms with E-state index in [1.54, 1.807) is 0 Å². The van der Waals surface area contributed by atoms with Gasteiger partial charge in [0.25, 0.3) is 0 Å². The number of benzene rings is 1. The van der Waals surface area contributed by atoms with Gasteiger partial charge in [-0.05, 0) is 99.1 Å². The van der Waals surface area contributed by atoms with Crippen LogP contribution in [0.5, 0.6) is 11.5 Å². The molecular formula is C34H51NO7. The summed E-state index contributed by atoms with van der Waals surface area (Å²) in [5.74, 6) is 1.81. The van der Waals surface area contributed by atoms with Crippen molar-refractivity contribution in [2.24, 2.45) is 11.8 Å². The highest BCUT2D eigenvalue weighted by Crippen LogP contribution is 2.55. The maximum absolute atomic E-state index is 12.9. The maximum Gasteiger partial charge on any atom is 0.410 e. The molecule has 2 fully saturated rings. The van der Waals surface area contributed by atoms with Crippen LogP contribution in [-0.4, -0.2) is 60.6 Å². The molecule has 8 heteroatoms. The minimum absolute atomic E-state index is 0.0709. The molecule has 1 amide bonds. The van der Waals surface area contributed by atoms with E-state index in [1.165, 1.54) is 5.57 Å². The van der Waals surface area contributed by atoms with Gasteiger partial charge in [0, 0.05) is 43.0 Å². The molecule has 4 rings (SSSR count). The molecule has 5 atom stereocenters. The van der Waals surface area contributed by atoms with E-state index in [-0.39, 0.29) is 36.1 Å². The summed E-state index contributed by atoms with van der Waals surface area (Å²) in [6, 6.07) is 6.08. The fraction of sp³-hybridized carbons (Fsp3) is 0.706. The molecule has 0 bridgehead atoms. The van der Waals surface area contributed by atoms with E-state index < -0.39 is 11.2 Å². The lowest BCUT2D eigenvalue weighted by Crippen LogP contribution is -2.57. The Morgan fingerprint density at radius 3 is 2.69 bits per heavy atom. The number of carbonyl (C=O) groups is 2. The molecule has 0 unspecified atom stereocenters. The van der Waals surface area contributed by atoms with Gasteiger partial charge in [0.15, 0.2) is 0 Å². The molecular weight excluding hydrogens is 534 g/mol. The summed E-state index contributed by atoms with van der Waals surface area (Å²) < 4.78 is 30.5. The summed E-state index contributed by atoms with van der Waals surface area (Å²) in [5.41, 5.74) is 1.42. The van der Waals surface area contributed by atoms with Crippen molar-refractivity contribution in [2.45, 2.75) is 117 Å². The molecule has 8 nitrogen and oxygen atoms in total. The summed E-state index contributed by atoms with van der Waals surface area (Å²) in [7, 11) is 0.